The molecule has 1 aromatic heterocycles. The Morgan fingerprint density at radius 2 is 1.48 bits per heavy atom. The van der Waals surface area contributed by atoms with E-state index in [2.05, 4.69) is 5.10 Å². The number of aryl methyl sites for hydroxylation is 2. The molecule has 2 aromatic carbocycles. The monoisotopic (exact) mass is 302 g/mol. The molecule has 0 radical (unpaired) electrons. The Kier molecular flexibility index (Phi) is 2.81. The molecule has 0 amide bonds. The van der Waals surface area contributed by atoms with Crippen LogP contribution in [0, 0.1) is 13.8 Å². The van der Waals surface area contributed by atoms with Crippen molar-refractivity contribution >= 4 is 11.6 Å². The molecule has 0 spiro atoms. The van der Waals surface area contributed by atoms with E-state index < -0.39 is 11.6 Å². The fourth-order valence-electron chi connectivity index (χ4n) is 3.04. The van der Waals surface area contributed by atoms with Crippen LogP contribution in [0.5, 0.6) is 0 Å². The van der Waals surface area contributed by atoms with Crippen LogP contribution < -0.4 is 0 Å². The van der Waals surface area contributed by atoms with Gasteiger partial charge in [0.2, 0.25) is 11.6 Å². The van der Waals surface area contributed by atoms with Crippen molar-refractivity contribution in [2.45, 2.75) is 13.8 Å². The van der Waals surface area contributed by atoms with Gasteiger partial charge in [-0.1, -0.05) is 42.0 Å². The van der Waals surface area contributed by atoms with E-state index in [9.17, 15) is 9.59 Å². The van der Waals surface area contributed by atoms with Crippen LogP contribution in [-0.2, 0) is 0 Å². The van der Waals surface area contributed by atoms with E-state index in [1.165, 1.54) is 0 Å². The van der Waals surface area contributed by atoms with Gasteiger partial charge in [0.1, 0.15) is 0 Å². The van der Waals surface area contributed by atoms with Crippen LogP contribution in [0.2, 0.25) is 0 Å². The number of hydrogen-bond donors (Lipinski definition) is 0. The molecule has 0 N–H and O–H groups in total. The van der Waals surface area contributed by atoms with Crippen molar-refractivity contribution in [3.63, 3.8) is 0 Å². The normalized spacial score (nSPS) is 13.0. The Hall–Kier alpha value is -3.01. The molecule has 0 saturated heterocycles. The molecule has 4 rings (SSSR count). The Morgan fingerprint density at radius 3 is 2.17 bits per heavy atom. The smallest absolute Gasteiger partial charge is 0.237 e. The summed E-state index contributed by atoms with van der Waals surface area (Å²) in [5, 5.41) is 4.52. The number of hydrogen-bond acceptors (Lipinski definition) is 3. The van der Waals surface area contributed by atoms with E-state index in [0.29, 0.717) is 22.5 Å². The Balaban J connectivity index is 2.06. The van der Waals surface area contributed by atoms with Crippen molar-refractivity contribution in [1.29, 1.82) is 0 Å². The number of rotatable bonds is 1. The van der Waals surface area contributed by atoms with Gasteiger partial charge in [0.05, 0.1) is 22.6 Å². The van der Waals surface area contributed by atoms with Crippen LogP contribution in [-0.4, -0.2) is 21.3 Å². The second kappa shape index (κ2) is 4.74. The van der Waals surface area contributed by atoms with Gasteiger partial charge in [-0.15, -0.1) is 0 Å². The topological polar surface area (TPSA) is 52.0 Å². The summed E-state index contributed by atoms with van der Waals surface area (Å²) in [4.78, 5) is 24.8. The molecule has 23 heavy (non-hydrogen) atoms. The fourth-order valence-corrected chi connectivity index (χ4v) is 3.04. The standard InChI is InChI=1S/C19H14N2O2/c1-11-7-9-13(10-8-11)21-17-14-5-3-4-6-15(14)18(22)19(23)16(17)12(2)20-21/h3-10H,1-2H3. The third-order valence-corrected chi connectivity index (χ3v) is 4.20. The first-order chi connectivity index (χ1) is 11.1. The molecule has 0 aliphatic heterocycles. The lowest BCUT2D eigenvalue weighted by molar-refractivity contribution is 0.0815. The van der Waals surface area contributed by atoms with Crippen LogP contribution in [0.1, 0.15) is 32.0 Å². The molecule has 0 atom stereocenters. The number of benzene rings is 2. The minimum Gasteiger partial charge on any atom is -0.285 e. The summed E-state index contributed by atoms with van der Waals surface area (Å²) in [6.07, 6.45) is 0. The lowest BCUT2D eigenvalue weighted by atomic mass is 9.87. The summed E-state index contributed by atoms with van der Waals surface area (Å²) in [6.45, 7) is 3.79. The summed E-state index contributed by atoms with van der Waals surface area (Å²) in [5.74, 6) is -0.936. The number of aromatic nitrogens is 2. The summed E-state index contributed by atoms with van der Waals surface area (Å²) in [6, 6.07) is 15.1. The highest BCUT2D eigenvalue weighted by Gasteiger charge is 2.35. The Bertz CT molecular complexity index is 966. The first-order valence-corrected chi connectivity index (χ1v) is 7.43. The summed E-state index contributed by atoms with van der Waals surface area (Å²) >= 11 is 0. The van der Waals surface area contributed by atoms with Crippen LogP contribution in [0.3, 0.4) is 0 Å². The number of ketones is 2. The molecule has 0 saturated carbocycles. The van der Waals surface area contributed by atoms with Crippen molar-refractivity contribution in [3.05, 3.63) is 70.9 Å². The largest absolute Gasteiger partial charge is 0.285 e. The van der Waals surface area contributed by atoms with E-state index >= 15 is 0 Å². The van der Waals surface area contributed by atoms with E-state index in [-0.39, 0.29) is 0 Å². The van der Waals surface area contributed by atoms with Gasteiger partial charge >= 0.3 is 0 Å². The van der Waals surface area contributed by atoms with Gasteiger partial charge in [0.15, 0.2) is 0 Å². The average molecular weight is 302 g/mol. The number of carbonyl (C=O) groups is 2. The summed E-state index contributed by atoms with van der Waals surface area (Å²) in [7, 11) is 0. The molecule has 112 valence electrons. The van der Waals surface area contributed by atoms with E-state index in [1.807, 2.05) is 43.3 Å². The first-order valence-electron chi connectivity index (χ1n) is 7.43. The quantitative estimate of drug-likeness (QED) is 0.646. The summed E-state index contributed by atoms with van der Waals surface area (Å²) in [5.41, 5.74) is 4.91. The molecule has 4 heteroatoms. The van der Waals surface area contributed by atoms with Gasteiger partial charge in [0, 0.05) is 11.1 Å². The lowest BCUT2D eigenvalue weighted by Gasteiger charge is -2.16. The molecule has 1 aliphatic rings. The highest BCUT2D eigenvalue weighted by atomic mass is 16.2. The highest BCUT2D eigenvalue weighted by molar-refractivity contribution is 6.53. The Labute approximate surface area is 133 Å². The fraction of sp³-hybridized carbons (Fsp3) is 0.105. The second-order valence-electron chi connectivity index (χ2n) is 5.76. The maximum atomic E-state index is 12.5. The zero-order valence-corrected chi connectivity index (χ0v) is 12.8. The maximum Gasteiger partial charge on any atom is 0.237 e. The van der Waals surface area contributed by atoms with Gasteiger partial charge in [-0.3, -0.25) is 9.59 Å². The van der Waals surface area contributed by atoms with Crippen molar-refractivity contribution in [1.82, 2.24) is 9.78 Å². The van der Waals surface area contributed by atoms with Crippen LogP contribution in [0.4, 0.5) is 0 Å². The molecule has 1 aliphatic carbocycles. The number of Topliss-reactive ketones (excluding diaryl/α,β-unsaturated/α-hetero) is 2. The lowest BCUT2D eigenvalue weighted by Crippen LogP contribution is -2.22. The predicted molar refractivity (Wildman–Crippen MR) is 87.1 cm³/mol. The predicted octanol–water partition coefficient (Wildman–Crippen LogP) is 3.54. The van der Waals surface area contributed by atoms with Gasteiger partial charge in [-0.2, -0.15) is 5.10 Å². The number of fused-ring (bicyclic) bond motifs is 3. The van der Waals surface area contributed by atoms with E-state index in [4.69, 9.17) is 0 Å². The first kappa shape index (κ1) is 13.6. The van der Waals surface area contributed by atoms with Crippen molar-refractivity contribution in [3.8, 4) is 16.9 Å². The van der Waals surface area contributed by atoms with E-state index in [1.54, 1.807) is 23.7 Å². The third kappa shape index (κ3) is 1.88. The summed E-state index contributed by atoms with van der Waals surface area (Å²) < 4.78 is 1.76. The number of nitrogens with zero attached hydrogens (tertiary/aromatic N) is 2. The zero-order chi connectivity index (χ0) is 16.1. The maximum absolute atomic E-state index is 12.5. The molecule has 1 heterocycles. The average Bonchev–Trinajstić information content (AvgIpc) is 2.91. The van der Waals surface area contributed by atoms with Crippen LogP contribution in [0.25, 0.3) is 16.9 Å². The highest BCUT2D eigenvalue weighted by Crippen LogP contribution is 2.36. The third-order valence-electron chi connectivity index (χ3n) is 4.20. The molecular weight excluding hydrogens is 288 g/mol. The molecule has 4 nitrogen and oxygen atoms in total. The van der Waals surface area contributed by atoms with Crippen molar-refractivity contribution in [2.75, 3.05) is 0 Å². The minimum absolute atomic E-state index is 0.411. The molecule has 0 fully saturated rings. The molecule has 0 unspecified atom stereocenters. The van der Waals surface area contributed by atoms with Crippen LogP contribution in [0.15, 0.2) is 48.5 Å². The van der Waals surface area contributed by atoms with Crippen molar-refractivity contribution in [2.24, 2.45) is 0 Å². The van der Waals surface area contributed by atoms with Gasteiger partial charge in [-0.05, 0) is 26.0 Å². The van der Waals surface area contributed by atoms with Gasteiger partial charge in [-0.25, -0.2) is 4.68 Å². The zero-order valence-electron chi connectivity index (χ0n) is 12.8. The molecular formula is C19H14N2O2. The Morgan fingerprint density at radius 1 is 0.826 bits per heavy atom. The molecule has 0 bridgehead atoms. The van der Waals surface area contributed by atoms with E-state index in [0.717, 1.165) is 16.8 Å². The van der Waals surface area contributed by atoms with Gasteiger partial charge in [0.25, 0.3) is 0 Å². The van der Waals surface area contributed by atoms with Crippen molar-refractivity contribution < 1.29 is 9.59 Å². The SMILES string of the molecule is Cc1ccc(-n2nc(C)c3c2-c2ccccc2C(=O)C3=O)cc1. The van der Waals surface area contributed by atoms with Gasteiger partial charge < -0.3 is 0 Å². The van der Waals surface area contributed by atoms with Crippen LogP contribution >= 0.6 is 0 Å². The second-order valence-corrected chi connectivity index (χ2v) is 5.76. The number of carbonyl (C=O) groups excluding carboxylic acids is 2. The molecule has 3 aromatic rings. The minimum atomic E-state index is -0.477.